The molecule has 1 N–H and O–H groups in total. The maximum absolute atomic E-state index is 12.7. The van der Waals surface area contributed by atoms with E-state index in [1.807, 2.05) is 31.2 Å². The van der Waals surface area contributed by atoms with Crippen molar-refractivity contribution in [3.63, 3.8) is 0 Å². The Labute approximate surface area is 147 Å². The van der Waals surface area contributed by atoms with Crippen LogP contribution in [0.25, 0.3) is 0 Å². The van der Waals surface area contributed by atoms with Gasteiger partial charge < -0.3 is 14.6 Å². The van der Waals surface area contributed by atoms with Crippen LogP contribution < -0.4 is 10.9 Å². The lowest BCUT2D eigenvalue weighted by Crippen LogP contribution is -2.31. The van der Waals surface area contributed by atoms with E-state index in [0.717, 1.165) is 31.6 Å². The third-order valence-electron chi connectivity index (χ3n) is 4.64. The van der Waals surface area contributed by atoms with Crippen molar-refractivity contribution in [1.29, 1.82) is 0 Å². The predicted octanol–water partition coefficient (Wildman–Crippen LogP) is 2.80. The number of nitrogens with one attached hydrogen (secondary N) is 1. The van der Waals surface area contributed by atoms with E-state index in [4.69, 9.17) is 4.74 Å². The number of nitrogens with zero attached hydrogens (tertiary/aromatic N) is 1. The molecule has 2 heterocycles. The van der Waals surface area contributed by atoms with Gasteiger partial charge in [0.05, 0.1) is 18.3 Å². The Hall–Kier alpha value is -2.40. The lowest BCUT2D eigenvalue weighted by molar-refractivity contribution is 0.0953. The predicted molar refractivity (Wildman–Crippen MR) is 98.4 cm³/mol. The molecule has 2 aromatic rings. The Morgan fingerprint density at radius 3 is 2.80 bits per heavy atom. The fraction of sp³-hybridized carbons (Fsp3) is 0.400. The van der Waals surface area contributed by atoms with Gasteiger partial charge in [-0.15, -0.1) is 0 Å². The second kappa shape index (κ2) is 8.12. The van der Waals surface area contributed by atoms with Crippen LogP contribution in [0, 0.1) is 6.92 Å². The molecule has 1 aliphatic rings. The highest BCUT2D eigenvalue weighted by molar-refractivity contribution is 5.83. The Kier molecular flexibility index (Phi) is 5.66. The molecule has 0 bridgehead atoms. The summed E-state index contributed by atoms with van der Waals surface area (Å²) in [6.45, 7) is 3.82. The Balaban J connectivity index is 1.75. The molecule has 1 aromatic heterocycles. The molecule has 0 saturated carbocycles. The second-order valence-electron chi connectivity index (χ2n) is 6.44. The molecular formula is C20H24N2O3. The minimum atomic E-state index is -0.243. The van der Waals surface area contributed by atoms with E-state index < -0.39 is 0 Å². The Morgan fingerprint density at radius 2 is 2.12 bits per heavy atom. The van der Waals surface area contributed by atoms with E-state index in [2.05, 4.69) is 17.4 Å². The van der Waals surface area contributed by atoms with Gasteiger partial charge in [0.15, 0.2) is 6.29 Å². The number of pyridine rings is 1. The zero-order valence-electron chi connectivity index (χ0n) is 14.5. The van der Waals surface area contributed by atoms with Gasteiger partial charge in [0, 0.05) is 18.8 Å². The highest BCUT2D eigenvalue weighted by atomic mass is 16.5. The number of aldehydes is 1. The van der Waals surface area contributed by atoms with Gasteiger partial charge in [-0.1, -0.05) is 30.3 Å². The largest absolute Gasteiger partial charge is 0.384 e. The fourth-order valence-corrected chi connectivity index (χ4v) is 3.25. The maximum atomic E-state index is 12.7. The summed E-state index contributed by atoms with van der Waals surface area (Å²) in [6.07, 6.45) is 3.53. The minimum absolute atomic E-state index is 0.0628. The van der Waals surface area contributed by atoms with E-state index in [9.17, 15) is 9.59 Å². The average molecular weight is 340 g/mol. The van der Waals surface area contributed by atoms with Crippen LogP contribution in [0.2, 0.25) is 0 Å². The van der Waals surface area contributed by atoms with Crippen LogP contribution >= 0.6 is 0 Å². The van der Waals surface area contributed by atoms with E-state index in [1.54, 1.807) is 4.57 Å². The van der Waals surface area contributed by atoms with Crippen LogP contribution in [0.3, 0.4) is 0 Å². The van der Waals surface area contributed by atoms with E-state index >= 15 is 0 Å². The lowest BCUT2D eigenvalue weighted by atomic mass is 10.1. The molecular weight excluding hydrogens is 316 g/mol. The van der Waals surface area contributed by atoms with Gasteiger partial charge in [0.2, 0.25) is 0 Å². The first-order valence-corrected chi connectivity index (χ1v) is 8.78. The summed E-state index contributed by atoms with van der Waals surface area (Å²) < 4.78 is 7.28. The van der Waals surface area contributed by atoms with Crippen molar-refractivity contribution in [2.75, 3.05) is 18.5 Å². The second-order valence-corrected chi connectivity index (χ2v) is 6.44. The van der Waals surface area contributed by atoms with Crippen molar-refractivity contribution >= 4 is 12.0 Å². The first kappa shape index (κ1) is 17.4. The van der Waals surface area contributed by atoms with Crippen LogP contribution in [0.4, 0.5) is 5.69 Å². The topological polar surface area (TPSA) is 60.3 Å². The molecule has 0 unspecified atom stereocenters. The zero-order valence-corrected chi connectivity index (χ0v) is 14.5. The zero-order chi connectivity index (χ0) is 17.6. The number of aromatic nitrogens is 1. The number of carbonyl (C=O) groups is 1. The van der Waals surface area contributed by atoms with E-state index in [1.165, 1.54) is 5.56 Å². The number of aryl methyl sites for hydroxylation is 1. The van der Waals surface area contributed by atoms with E-state index in [0.29, 0.717) is 25.1 Å². The number of ether oxygens (including phenoxy) is 1. The van der Waals surface area contributed by atoms with Gasteiger partial charge in [-0.3, -0.25) is 9.59 Å². The SMILES string of the molecule is Cc1cc(NCCc2ccccc2)c(C=O)c(=O)n1C[C@@H]1CCCO1. The van der Waals surface area contributed by atoms with Crippen LogP contribution in [0.5, 0.6) is 0 Å². The molecule has 0 aliphatic carbocycles. The monoisotopic (exact) mass is 340 g/mol. The molecule has 25 heavy (non-hydrogen) atoms. The Bertz CT molecular complexity index is 778. The number of anilines is 1. The molecule has 0 amide bonds. The summed E-state index contributed by atoms with van der Waals surface area (Å²) in [4.78, 5) is 24.2. The highest BCUT2D eigenvalue weighted by Gasteiger charge is 2.19. The third-order valence-corrected chi connectivity index (χ3v) is 4.64. The first-order chi connectivity index (χ1) is 12.2. The van der Waals surface area contributed by atoms with Crippen LogP contribution in [-0.4, -0.2) is 30.1 Å². The number of hydrogen-bond acceptors (Lipinski definition) is 4. The van der Waals surface area contributed by atoms with Crippen molar-refractivity contribution in [1.82, 2.24) is 4.57 Å². The fourth-order valence-electron chi connectivity index (χ4n) is 3.25. The van der Waals surface area contributed by atoms with Crippen molar-refractivity contribution in [3.8, 4) is 0 Å². The molecule has 3 rings (SSSR count). The normalized spacial score (nSPS) is 16.8. The molecule has 1 atom stereocenters. The van der Waals surface area contributed by atoms with Gasteiger partial charge >= 0.3 is 0 Å². The molecule has 0 radical (unpaired) electrons. The van der Waals surface area contributed by atoms with Crippen LogP contribution in [0.15, 0.2) is 41.2 Å². The van der Waals surface area contributed by atoms with Gasteiger partial charge in [-0.2, -0.15) is 0 Å². The first-order valence-electron chi connectivity index (χ1n) is 8.78. The minimum Gasteiger partial charge on any atom is -0.384 e. The number of benzene rings is 1. The lowest BCUT2D eigenvalue weighted by Gasteiger charge is -2.17. The summed E-state index contributed by atoms with van der Waals surface area (Å²) in [7, 11) is 0. The summed E-state index contributed by atoms with van der Waals surface area (Å²) >= 11 is 0. The van der Waals surface area contributed by atoms with Crippen molar-refractivity contribution < 1.29 is 9.53 Å². The van der Waals surface area contributed by atoms with Crippen molar-refractivity contribution in [3.05, 3.63) is 63.6 Å². The summed E-state index contributed by atoms with van der Waals surface area (Å²) in [6, 6.07) is 12.0. The maximum Gasteiger partial charge on any atom is 0.263 e. The molecule has 1 aliphatic heterocycles. The van der Waals surface area contributed by atoms with Crippen molar-refractivity contribution in [2.24, 2.45) is 0 Å². The van der Waals surface area contributed by atoms with Gasteiger partial charge in [-0.25, -0.2) is 0 Å². The molecule has 5 heteroatoms. The summed E-state index contributed by atoms with van der Waals surface area (Å²) in [5.41, 5.74) is 2.61. The molecule has 0 spiro atoms. The summed E-state index contributed by atoms with van der Waals surface area (Å²) in [5.74, 6) is 0. The molecule has 5 nitrogen and oxygen atoms in total. The number of hydrogen-bond donors (Lipinski definition) is 1. The Morgan fingerprint density at radius 1 is 1.32 bits per heavy atom. The highest BCUT2D eigenvalue weighted by Crippen LogP contribution is 2.17. The van der Waals surface area contributed by atoms with E-state index in [-0.39, 0.29) is 17.2 Å². The number of carbonyl (C=O) groups excluding carboxylic acids is 1. The van der Waals surface area contributed by atoms with Crippen molar-refractivity contribution in [2.45, 2.75) is 38.8 Å². The summed E-state index contributed by atoms with van der Waals surface area (Å²) in [5, 5.41) is 3.24. The van der Waals surface area contributed by atoms with Gasteiger partial charge in [0.1, 0.15) is 5.56 Å². The standard InChI is InChI=1S/C20H24N2O3/c1-15-12-19(21-10-9-16-6-3-2-4-7-16)18(14-23)20(24)22(15)13-17-8-5-11-25-17/h2-4,6-7,12,14,17,21H,5,8-11,13H2,1H3/t17-/m0/s1. The third kappa shape index (κ3) is 4.17. The molecule has 1 aromatic carbocycles. The smallest absolute Gasteiger partial charge is 0.263 e. The molecule has 132 valence electrons. The van der Waals surface area contributed by atoms with Crippen LogP contribution in [0.1, 0.15) is 34.5 Å². The average Bonchev–Trinajstić information content (AvgIpc) is 3.13. The molecule has 1 fully saturated rings. The number of rotatable bonds is 7. The van der Waals surface area contributed by atoms with Crippen LogP contribution in [-0.2, 0) is 17.7 Å². The van der Waals surface area contributed by atoms with Gasteiger partial charge in [-0.05, 0) is 37.8 Å². The van der Waals surface area contributed by atoms with Gasteiger partial charge in [0.25, 0.3) is 5.56 Å². The molecule has 1 saturated heterocycles. The quantitative estimate of drug-likeness (QED) is 0.788.